The first-order chi connectivity index (χ1) is 11.0. The quantitative estimate of drug-likeness (QED) is 0.626. The Morgan fingerprint density at radius 1 is 0.957 bits per heavy atom. The van der Waals surface area contributed by atoms with Gasteiger partial charge in [-0.1, -0.05) is 46.0 Å². The number of nitrogens with two attached hydrogens (primary N) is 1. The lowest BCUT2D eigenvalue weighted by Crippen LogP contribution is -2.41. The summed E-state index contributed by atoms with van der Waals surface area (Å²) in [5.74, 6) is 1.11. The summed E-state index contributed by atoms with van der Waals surface area (Å²) in [5.41, 5.74) is 6.08. The fraction of sp³-hybridized carbons (Fsp3) is 1.00. The van der Waals surface area contributed by atoms with Crippen LogP contribution in [-0.2, 0) is 0 Å². The monoisotopic (exact) mass is 329 g/mol. The topological polar surface area (TPSA) is 26.0 Å². The molecular formula is C20H37F2N. The zero-order valence-electron chi connectivity index (χ0n) is 15.2. The molecule has 2 aliphatic carbocycles. The summed E-state index contributed by atoms with van der Waals surface area (Å²) in [7, 11) is 0. The zero-order chi connectivity index (χ0) is 16.8. The standard InChI is InChI=1S/C20H37F2N/c1-3-5-17(23)7-4-6-15-9-11-16(12-10-15)18-13-8-14(2)19(21)20(18)22/h14-20H,3-13,23H2,1-2H3/t14?,15?,16?,17?,18-,19?,20?/m0/s1. The minimum absolute atomic E-state index is 0.0138. The van der Waals surface area contributed by atoms with E-state index in [1.54, 1.807) is 0 Å². The van der Waals surface area contributed by atoms with Gasteiger partial charge in [0.25, 0.3) is 0 Å². The van der Waals surface area contributed by atoms with Gasteiger partial charge in [-0.25, -0.2) is 8.78 Å². The Bertz CT molecular complexity index is 328. The number of alkyl halides is 2. The SMILES string of the molecule is CCCC(N)CCCC1CCC([C@@H]2CCC(C)C(F)C2F)CC1. The Balaban J connectivity index is 1.67. The molecule has 2 N–H and O–H groups in total. The van der Waals surface area contributed by atoms with Gasteiger partial charge in [0.2, 0.25) is 0 Å². The van der Waals surface area contributed by atoms with Crippen LogP contribution in [0.1, 0.15) is 84.5 Å². The Labute approximate surface area is 141 Å². The first-order valence-corrected chi connectivity index (χ1v) is 10.1. The number of rotatable bonds is 7. The van der Waals surface area contributed by atoms with Crippen molar-refractivity contribution in [2.75, 3.05) is 0 Å². The molecule has 0 radical (unpaired) electrons. The van der Waals surface area contributed by atoms with Crippen molar-refractivity contribution in [1.29, 1.82) is 0 Å². The smallest absolute Gasteiger partial charge is 0.134 e. The maximum atomic E-state index is 14.3. The summed E-state index contributed by atoms with van der Waals surface area (Å²) in [6.45, 7) is 4.04. The van der Waals surface area contributed by atoms with Crippen LogP contribution in [0.15, 0.2) is 0 Å². The van der Waals surface area contributed by atoms with E-state index in [1.807, 2.05) is 6.92 Å². The lowest BCUT2D eigenvalue weighted by molar-refractivity contribution is -0.00671. The van der Waals surface area contributed by atoms with E-state index in [4.69, 9.17) is 5.73 Å². The first kappa shape index (κ1) is 19.1. The number of halogens is 2. The third-order valence-corrected chi connectivity index (χ3v) is 6.56. The van der Waals surface area contributed by atoms with Crippen LogP contribution in [0.3, 0.4) is 0 Å². The van der Waals surface area contributed by atoms with Gasteiger partial charge in [-0.15, -0.1) is 0 Å². The van der Waals surface area contributed by atoms with Gasteiger partial charge in [0.05, 0.1) is 0 Å². The molecule has 0 spiro atoms. The molecule has 3 heteroatoms. The van der Waals surface area contributed by atoms with Crippen molar-refractivity contribution in [2.24, 2.45) is 29.4 Å². The highest BCUT2D eigenvalue weighted by Crippen LogP contribution is 2.44. The molecule has 1 nitrogen and oxygen atoms in total. The van der Waals surface area contributed by atoms with E-state index < -0.39 is 12.3 Å². The van der Waals surface area contributed by atoms with E-state index in [-0.39, 0.29) is 11.8 Å². The molecule has 5 atom stereocenters. The molecule has 2 rings (SSSR count). The molecule has 2 aliphatic rings. The molecule has 0 aromatic heterocycles. The van der Waals surface area contributed by atoms with Crippen LogP contribution in [0.5, 0.6) is 0 Å². The van der Waals surface area contributed by atoms with Crippen molar-refractivity contribution in [2.45, 2.75) is 103 Å². The largest absolute Gasteiger partial charge is 0.328 e. The van der Waals surface area contributed by atoms with Gasteiger partial charge in [0.1, 0.15) is 12.3 Å². The summed E-state index contributed by atoms with van der Waals surface area (Å²) in [6, 6.07) is 0.370. The molecule has 4 unspecified atom stereocenters. The van der Waals surface area contributed by atoms with Crippen molar-refractivity contribution in [3.63, 3.8) is 0 Å². The van der Waals surface area contributed by atoms with Crippen molar-refractivity contribution in [3.8, 4) is 0 Å². The van der Waals surface area contributed by atoms with Crippen LogP contribution in [0.2, 0.25) is 0 Å². The van der Waals surface area contributed by atoms with Crippen molar-refractivity contribution < 1.29 is 8.78 Å². The van der Waals surface area contributed by atoms with Crippen LogP contribution in [0.4, 0.5) is 8.78 Å². The highest BCUT2D eigenvalue weighted by Gasteiger charge is 2.42. The van der Waals surface area contributed by atoms with E-state index in [1.165, 1.54) is 32.1 Å². The van der Waals surface area contributed by atoms with E-state index in [0.29, 0.717) is 12.0 Å². The minimum Gasteiger partial charge on any atom is -0.328 e. The molecule has 2 fully saturated rings. The van der Waals surface area contributed by atoms with E-state index >= 15 is 0 Å². The third kappa shape index (κ3) is 5.41. The van der Waals surface area contributed by atoms with Gasteiger partial charge in [0, 0.05) is 6.04 Å². The summed E-state index contributed by atoms with van der Waals surface area (Å²) < 4.78 is 28.3. The Morgan fingerprint density at radius 2 is 1.65 bits per heavy atom. The van der Waals surface area contributed by atoms with Crippen LogP contribution >= 0.6 is 0 Å². The second-order valence-corrected chi connectivity index (χ2v) is 8.37. The van der Waals surface area contributed by atoms with Crippen molar-refractivity contribution in [3.05, 3.63) is 0 Å². The molecule has 0 saturated heterocycles. The van der Waals surface area contributed by atoms with E-state index in [2.05, 4.69) is 6.92 Å². The van der Waals surface area contributed by atoms with Crippen LogP contribution in [-0.4, -0.2) is 18.4 Å². The molecule has 136 valence electrons. The summed E-state index contributed by atoms with van der Waals surface area (Å²) in [6.07, 6.45) is 9.91. The van der Waals surface area contributed by atoms with Gasteiger partial charge in [-0.3, -0.25) is 0 Å². The molecule has 23 heavy (non-hydrogen) atoms. The van der Waals surface area contributed by atoms with Gasteiger partial charge in [-0.2, -0.15) is 0 Å². The van der Waals surface area contributed by atoms with Gasteiger partial charge in [-0.05, 0) is 62.2 Å². The molecule has 0 aromatic carbocycles. The minimum atomic E-state index is -1.23. The molecule has 0 aliphatic heterocycles. The Morgan fingerprint density at radius 3 is 2.30 bits per heavy atom. The molecule has 0 amide bonds. The molecule has 0 bridgehead atoms. The number of hydrogen-bond donors (Lipinski definition) is 1. The second kappa shape index (κ2) is 9.34. The van der Waals surface area contributed by atoms with Crippen LogP contribution in [0, 0.1) is 23.7 Å². The Hall–Kier alpha value is -0.180. The van der Waals surface area contributed by atoms with Gasteiger partial charge >= 0.3 is 0 Å². The predicted octanol–water partition coefficient (Wildman–Crippen LogP) is 5.81. The van der Waals surface area contributed by atoms with Gasteiger partial charge in [0.15, 0.2) is 0 Å². The van der Waals surface area contributed by atoms with Crippen molar-refractivity contribution in [1.82, 2.24) is 0 Å². The molecule has 0 aromatic rings. The lowest BCUT2D eigenvalue weighted by Gasteiger charge is -2.40. The fourth-order valence-corrected chi connectivity index (χ4v) is 4.91. The lowest BCUT2D eigenvalue weighted by atomic mass is 9.67. The summed E-state index contributed by atoms with van der Waals surface area (Å²) in [5, 5.41) is 0. The predicted molar refractivity (Wildman–Crippen MR) is 93.9 cm³/mol. The molecule has 2 saturated carbocycles. The van der Waals surface area contributed by atoms with Crippen LogP contribution < -0.4 is 5.73 Å². The average Bonchev–Trinajstić information content (AvgIpc) is 2.54. The first-order valence-electron chi connectivity index (χ1n) is 10.1. The summed E-state index contributed by atoms with van der Waals surface area (Å²) >= 11 is 0. The third-order valence-electron chi connectivity index (χ3n) is 6.56. The normalized spacial score (nSPS) is 40.0. The maximum absolute atomic E-state index is 14.3. The van der Waals surface area contributed by atoms with Crippen LogP contribution in [0.25, 0.3) is 0 Å². The maximum Gasteiger partial charge on any atom is 0.134 e. The molecule has 0 heterocycles. The molecular weight excluding hydrogens is 292 g/mol. The Kier molecular flexibility index (Phi) is 7.78. The average molecular weight is 330 g/mol. The van der Waals surface area contributed by atoms with Crippen molar-refractivity contribution >= 4 is 0 Å². The fourth-order valence-electron chi connectivity index (χ4n) is 4.91. The number of hydrogen-bond acceptors (Lipinski definition) is 1. The highest BCUT2D eigenvalue weighted by atomic mass is 19.2. The zero-order valence-corrected chi connectivity index (χ0v) is 15.2. The van der Waals surface area contributed by atoms with Gasteiger partial charge < -0.3 is 5.73 Å². The second-order valence-electron chi connectivity index (χ2n) is 8.37. The van der Waals surface area contributed by atoms with E-state index in [0.717, 1.165) is 44.4 Å². The highest BCUT2D eigenvalue weighted by molar-refractivity contribution is 4.91. The van der Waals surface area contributed by atoms with E-state index in [9.17, 15) is 8.78 Å². The summed E-state index contributed by atoms with van der Waals surface area (Å²) in [4.78, 5) is 0.